The van der Waals surface area contributed by atoms with Gasteiger partial charge in [0.2, 0.25) is 0 Å². The molecule has 0 aliphatic rings. The standard InChI is InChI=1S/C7H9N2/c1-6(2)7-3-4-8-5-9-7/h4-6H,1-2H3. The van der Waals surface area contributed by atoms with Crippen molar-refractivity contribution in [2.75, 3.05) is 0 Å². The van der Waals surface area contributed by atoms with Gasteiger partial charge in [-0.3, -0.25) is 0 Å². The van der Waals surface area contributed by atoms with Crippen LogP contribution in [-0.2, 0) is 0 Å². The average Bonchev–Trinajstić information content (AvgIpc) is 1.90. The molecule has 1 rings (SSSR count). The molecule has 1 radical (unpaired) electrons. The zero-order chi connectivity index (χ0) is 6.69. The van der Waals surface area contributed by atoms with Crippen LogP contribution in [0.3, 0.4) is 0 Å². The Morgan fingerprint density at radius 1 is 1.56 bits per heavy atom. The van der Waals surface area contributed by atoms with E-state index in [2.05, 4.69) is 29.9 Å². The van der Waals surface area contributed by atoms with E-state index in [4.69, 9.17) is 0 Å². The molecule has 0 fully saturated rings. The predicted octanol–water partition coefficient (Wildman–Crippen LogP) is 1.40. The Morgan fingerprint density at radius 2 is 2.33 bits per heavy atom. The highest BCUT2D eigenvalue weighted by molar-refractivity contribution is 5.00. The summed E-state index contributed by atoms with van der Waals surface area (Å²) < 4.78 is 0. The van der Waals surface area contributed by atoms with Crippen molar-refractivity contribution in [2.24, 2.45) is 0 Å². The Kier molecular flexibility index (Phi) is 1.78. The monoisotopic (exact) mass is 121 g/mol. The Labute approximate surface area is 55.0 Å². The van der Waals surface area contributed by atoms with Crippen molar-refractivity contribution in [3.8, 4) is 0 Å². The summed E-state index contributed by atoms with van der Waals surface area (Å²) in [4.78, 5) is 7.77. The van der Waals surface area contributed by atoms with Gasteiger partial charge in [0, 0.05) is 12.3 Å². The summed E-state index contributed by atoms with van der Waals surface area (Å²) in [6.45, 7) is 4.16. The topological polar surface area (TPSA) is 25.8 Å². The van der Waals surface area contributed by atoms with Crippen LogP contribution in [0.4, 0.5) is 0 Å². The van der Waals surface area contributed by atoms with Crippen LogP contribution in [0.5, 0.6) is 0 Å². The number of hydrogen-bond acceptors (Lipinski definition) is 2. The Hall–Kier alpha value is -0.920. The molecule has 1 aromatic rings. The Bertz CT molecular complexity index is 170. The maximum Gasteiger partial charge on any atom is 0.115 e. The first-order valence-electron chi connectivity index (χ1n) is 2.98. The minimum Gasteiger partial charge on any atom is -0.244 e. The highest BCUT2D eigenvalue weighted by Crippen LogP contribution is 2.06. The molecule has 2 heteroatoms. The lowest BCUT2D eigenvalue weighted by Gasteiger charge is -1.99. The van der Waals surface area contributed by atoms with Gasteiger partial charge in [0.25, 0.3) is 0 Å². The molecule has 0 saturated heterocycles. The maximum absolute atomic E-state index is 4.01. The molecule has 0 saturated carbocycles. The first-order valence-corrected chi connectivity index (χ1v) is 2.98. The summed E-state index contributed by atoms with van der Waals surface area (Å²) in [5, 5.41) is 0. The summed E-state index contributed by atoms with van der Waals surface area (Å²) in [7, 11) is 0. The fourth-order valence-corrected chi connectivity index (χ4v) is 0.585. The summed E-state index contributed by atoms with van der Waals surface area (Å²) in [5.74, 6) is 0.452. The van der Waals surface area contributed by atoms with Crippen molar-refractivity contribution in [1.29, 1.82) is 0 Å². The minimum absolute atomic E-state index is 0.452. The van der Waals surface area contributed by atoms with E-state index in [1.807, 2.05) is 0 Å². The van der Waals surface area contributed by atoms with E-state index in [-0.39, 0.29) is 0 Å². The highest BCUT2D eigenvalue weighted by atomic mass is 14.8. The smallest absolute Gasteiger partial charge is 0.115 e. The second kappa shape index (κ2) is 2.58. The molecule has 9 heavy (non-hydrogen) atoms. The van der Waals surface area contributed by atoms with Crippen molar-refractivity contribution in [2.45, 2.75) is 19.8 Å². The minimum atomic E-state index is 0.452. The van der Waals surface area contributed by atoms with Gasteiger partial charge in [-0.1, -0.05) is 13.8 Å². The molecule has 0 aromatic carbocycles. The van der Waals surface area contributed by atoms with Gasteiger partial charge >= 0.3 is 0 Å². The molecule has 0 spiro atoms. The van der Waals surface area contributed by atoms with E-state index < -0.39 is 0 Å². The lowest BCUT2D eigenvalue weighted by atomic mass is 10.1. The first-order chi connectivity index (χ1) is 4.30. The fourth-order valence-electron chi connectivity index (χ4n) is 0.585. The van der Waals surface area contributed by atoms with E-state index in [0.717, 1.165) is 5.69 Å². The van der Waals surface area contributed by atoms with Gasteiger partial charge in [-0.25, -0.2) is 9.97 Å². The van der Waals surface area contributed by atoms with Crippen molar-refractivity contribution < 1.29 is 0 Å². The molecular weight excluding hydrogens is 112 g/mol. The van der Waals surface area contributed by atoms with Crippen LogP contribution < -0.4 is 0 Å². The molecule has 2 nitrogen and oxygen atoms in total. The molecule has 1 heterocycles. The summed E-state index contributed by atoms with van der Waals surface area (Å²) >= 11 is 0. The van der Waals surface area contributed by atoms with Crippen molar-refractivity contribution in [1.82, 2.24) is 9.97 Å². The van der Waals surface area contributed by atoms with Crippen LogP contribution in [-0.4, -0.2) is 9.97 Å². The van der Waals surface area contributed by atoms with Gasteiger partial charge in [-0.2, -0.15) is 0 Å². The summed E-state index contributed by atoms with van der Waals surface area (Å²) in [6, 6.07) is 2.95. The van der Waals surface area contributed by atoms with E-state index in [9.17, 15) is 0 Å². The third-order valence-electron chi connectivity index (χ3n) is 1.10. The molecule has 0 atom stereocenters. The lowest BCUT2D eigenvalue weighted by Crippen LogP contribution is -1.91. The SMILES string of the molecule is CC(C)c1[c]cncn1. The number of hydrogen-bond donors (Lipinski definition) is 0. The van der Waals surface area contributed by atoms with Gasteiger partial charge in [-0.05, 0) is 5.92 Å². The van der Waals surface area contributed by atoms with Crippen LogP contribution in [0.25, 0.3) is 0 Å². The normalized spacial score (nSPS) is 10.1. The third-order valence-corrected chi connectivity index (χ3v) is 1.10. The largest absolute Gasteiger partial charge is 0.244 e. The van der Waals surface area contributed by atoms with Crippen molar-refractivity contribution in [3.05, 3.63) is 24.3 Å². The molecule has 0 N–H and O–H groups in total. The Balaban J connectivity index is 2.85. The molecule has 0 amide bonds. The second-order valence-electron chi connectivity index (χ2n) is 2.21. The Morgan fingerprint density at radius 3 is 2.67 bits per heavy atom. The summed E-state index contributed by atoms with van der Waals surface area (Å²) in [6.07, 6.45) is 3.19. The third kappa shape index (κ3) is 1.49. The number of rotatable bonds is 1. The first kappa shape index (κ1) is 6.20. The van der Waals surface area contributed by atoms with Crippen molar-refractivity contribution in [3.63, 3.8) is 0 Å². The van der Waals surface area contributed by atoms with E-state index in [0.29, 0.717) is 5.92 Å². The molecule has 0 aliphatic carbocycles. The molecule has 0 aliphatic heterocycles. The van der Waals surface area contributed by atoms with Crippen LogP contribution in [0.1, 0.15) is 25.5 Å². The van der Waals surface area contributed by atoms with Crippen molar-refractivity contribution >= 4 is 0 Å². The van der Waals surface area contributed by atoms with Gasteiger partial charge in [0.05, 0.1) is 5.69 Å². The van der Waals surface area contributed by atoms with Gasteiger partial charge in [0.1, 0.15) is 6.33 Å². The molecule has 0 bridgehead atoms. The van der Waals surface area contributed by atoms with Crippen LogP contribution in [0, 0.1) is 6.07 Å². The van der Waals surface area contributed by atoms with E-state index in [1.165, 1.54) is 0 Å². The average molecular weight is 121 g/mol. The van der Waals surface area contributed by atoms with Gasteiger partial charge < -0.3 is 0 Å². The summed E-state index contributed by atoms with van der Waals surface area (Å²) in [5.41, 5.74) is 0.977. The van der Waals surface area contributed by atoms with Crippen LogP contribution in [0.2, 0.25) is 0 Å². The zero-order valence-electron chi connectivity index (χ0n) is 5.63. The number of nitrogens with zero attached hydrogens (tertiary/aromatic N) is 2. The maximum atomic E-state index is 4.01. The fraction of sp³-hybridized carbons (Fsp3) is 0.429. The molecule has 1 aromatic heterocycles. The molecular formula is C7H9N2. The van der Waals surface area contributed by atoms with E-state index >= 15 is 0 Å². The van der Waals surface area contributed by atoms with E-state index in [1.54, 1.807) is 12.5 Å². The molecule has 47 valence electrons. The van der Waals surface area contributed by atoms with Gasteiger partial charge in [0.15, 0.2) is 0 Å². The van der Waals surface area contributed by atoms with Gasteiger partial charge in [-0.15, -0.1) is 0 Å². The number of aromatic nitrogens is 2. The lowest BCUT2D eigenvalue weighted by molar-refractivity contribution is 0.811. The zero-order valence-corrected chi connectivity index (χ0v) is 5.63. The quantitative estimate of drug-likeness (QED) is 0.561. The van der Waals surface area contributed by atoms with Crippen LogP contribution in [0.15, 0.2) is 12.5 Å². The molecule has 0 unspecified atom stereocenters. The van der Waals surface area contributed by atoms with Crippen LogP contribution >= 0.6 is 0 Å². The predicted molar refractivity (Wildman–Crippen MR) is 35.0 cm³/mol. The highest BCUT2D eigenvalue weighted by Gasteiger charge is 1.96. The second-order valence-corrected chi connectivity index (χ2v) is 2.21.